The molecule has 1 heterocycles. The molecule has 0 radical (unpaired) electrons. The van der Waals surface area contributed by atoms with E-state index in [9.17, 15) is 14.9 Å². The first-order valence-electron chi connectivity index (χ1n) is 6.77. The zero-order valence-corrected chi connectivity index (χ0v) is 12.6. The molecule has 120 valence electrons. The molecule has 23 heavy (non-hydrogen) atoms. The van der Waals surface area contributed by atoms with Gasteiger partial charge in [-0.3, -0.25) is 14.9 Å². The number of amides is 1. The van der Waals surface area contributed by atoms with Gasteiger partial charge >= 0.3 is 5.69 Å². The summed E-state index contributed by atoms with van der Waals surface area (Å²) in [4.78, 5) is 22.2. The molecule has 1 N–H and O–H groups in total. The normalized spacial score (nSPS) is 12.1. The fraction of sp³-hybridized carbons (Fsp3) is 0.200. The number of nitrogens with zero attached hydrogens (tertiary/aromatic N) is 2. The van der Waals surface area contributed by atoms with Crippen molar-refractivity contribution >= 4 is 17.8 Å². The third-order valence-electron chi connectivity index (χ3n) is 2.86. The average molecular weight is 317 g/mol. The molecule has 0 unspecified atom stereocenters. The van der Waals surface area contributed by atoms with Crippen molar-refractivity contribution in [3.8, 4) is 5.75 Å². The fourth-order valence-corrected chi connectivity index (χ4v) is 1.72. The lowest BCUT2D eigenvalue weighted by atomic mass is 10.3. The zero-order valence-electron chi connectivity index (χ0n) is 12.6. The van der Waals surface area contributed by atoms with E-state index in [1.807, 2.05) is 0 Å². The maximum atomic E-state index is 11.9. The summed E-state index contributed by atoms with van der Waals surface area (Å²) in [5.41, 5.74) is 2.08. The Morgan fingerprint density at radius 3 is 2.78 bits per heavy atom. The van der Waals surface area contributed by atoms with E-state index in [4.69, 9.17) is 9.15 Å². The van der Waals surface area contributed by atoms with Gasteiger partial charge in [0.2, 0.25) is 0 Å². The first kappa shape index (κ1) is 16.2. The third-order valence-corrected chi connectivity index (χ3v) is 2.86. The van der Waals surface area contributed by atoms with Gasteiger partial charge in [-0.25, -0.2) is 5.43 Å². The monoisotopic (exact) mass is 317 g/mol. The highest BCUT2D eigenvalue weighted by Gasteiger charge is 2.20. The van der Waals surface area contributed by atoms with Crippen LogP contribution in [0.1, 0.15) is 18.4 Å². The van der Waals surface area contributed by atoms with E-state index < -0.39 is 16.9 Å². The molecule has 1 aromatic carbocycles. The van der Waals surface area contributed by atoms with Crippen molar-refractivity contribution in [3.63, 3.8) is 0 Å². The predicted molar refractivity (Wildman–Crippen MR) is 82.4 cm³/mol. The van der Waals surface area contributed by atoms with Gasteiger partial charge in [-0.2, -0.15) is 5.10 Å². The number of hydrazone groups is 1. The van der Waals surface area contributed by atoms with Crippen LogP contribution in [0.5, 0.6) is 5.75 Å². The summed E-state index contributed by atoms with van der Waals surface area (Å²) in [5.74, 6) is 0.703. The molecule has 0 saturated carbocycles. The number of ether oxygens (including phenoxy) is 1. The van der Waals surface area contributed by atoms with Gasteiger partial charge in [0.05, 0.1) is 11.1 Å². The lowest BCUT2D eigenvalue weighted by Gasteiger charge is -2.12. The highest BCUT2D eigenvalue weighted by atomic mass is 16.6. The van der Waals surface area contributed by atoms with E-state index in [0.29, 0.717) is 5.76 Å². The number of nitro benzene ring substituents is 1. The molecule has 0 aliphatic rings. The van der Waals surface area contributed by atoms with Gasteiger partial charge in [-0.15, -0.1) is 0 Å². The smallest absolute Gasteiger partial charge is 0.310 e. The molecule has 2 rings (SSSR count). The summed E-state index contributed by atoms with van der Waals surface area (Å²) in [5, 5.41) is 14.6. The number of nitro groups is 1. The van der Waals surface area contributed by atoms with Crippen LogP contribution in [0, 0.1) is 17.0 Å². The molecule has 0 bridgehead atoms. The second kappa shape index (κ2) is 7.21. The number of carbonyl (C=O) groups excluding carboxylic acids is 1. The fourth-order valence-electron chi connectivity index (χ4n) is 1.72. The number of rotatable bonds is 6. The summed E-state index contributed by atoms with van der Waals surface area (Å²) >= 11 is 0. The van der Waals surface area contributed by atoms with E-state index in [1.165, 1.54) is 31.3 Å². The number of hydrogen-bond donors (Lipinski definition) is 1. The molecule has 1 aromatic heterocycles. The zero-order chi connectivity index (χ0) is 16.8. The molecule has 8 nitrogen and oxygen atoms in total. The molecule has 0 saturated heterocycles. The quantitative estimate of drug-likeness (QED) is 0.500. The topological polar surface area (TPSA) is 107 Å². The molecular formula is C15H15N3O5. The molecule has 1 amide bonds. The van der Waals surface area contributed by atoms with E-state index in [1.54, 1.807) is 25.1 Å². The summed E-state index contributed by atoms with van der Waals surface area (Å²) in [6.07, 6.45) is 0.398. The number of hydrogen-bond acceptors (Lipinski definition) is 6. The van der Waals surface area contributed by atoms with Crippen LogP contribution in [0.25, 0.3) is 0 Å². The number of aryl methyl sites for hydroxylation is 1. The van der Waals surface area contributed by atoms with Crippen LogP contribution in [0.2, 0.25) is 0 Å². The Morgan fingerprint density at radius 1 is 1.39 bits per heavy atom. The van der Waals surface area contributed by atoms with E-state index in [0.717, 1.165) is 5.76 Å². The van der Waals surface area contributed by atoms with Gasteiger partial charge < -0.3 is 9.15 Å². The largest absolute Gasteiger partial charge is 0.474 e. The van der Waals surface area contributed by atoms with Crippen LogP contribution in [0.15, 0.2) is 45.9 Å². The van der Waals surface area contributed by atoms with Crippen LogP contribution < -0.4 is 10.2 Å². The Balaban J connectivity index is 1.95. The predicted octanol–water partition coefficient (Wildman–Crippen LogP) is 2.41. The van der Waals surface area contributed by atoms with Gasteiger partial charge in [0.1, 0.15) is 11.5 Å². The minimum Gasteiger partial charge on any atom is -0.474 e. The Labute approximate surface area is 131 Å². The van der Waals surface area contributed by atoms with Crippen molar-refractivity contribution < 1.29 is 18.9 Å². The van der Waals surface area contributed by atoms with Crippen molar-refractivity contribution in [2.45, 2.75) is 20.0 Å². The first-order chi connectivity index (χ1) is 11.0. The number of carbonyl (C=O) groups is 1. The van der Waals surface area contributed by atoms with Gasteiger partial charge in [-0.1, -0.05) is 12.1 Å². The summed E-state index contributed by atoms with van der Waals surface area (Å²) in [7, 11) is 0. The minimum atomic E-state index is -0.952. The molecule has 0 fully saturated rings. The highest BCUT2D eigenvalue weighted by Crippen LogP contribution is 2.26. The van der Waals surface area contributed by atoms with Crippen molar-refractivity contribution in [2.24, 2.45) is 5.10 Å². The highest BCUT2D eigenvalue weighted by molar-refractivity contribution is 5.83. The molecule has 1 atom stereocenters. The van der Waals surface area contributed by atoms with Gasteiger partial charge in [0, 0.05) is 6.07 Å². The summed E-state index contributed by atoms with van der Waals surface area (Å²) in [6, 6.07) is 9.31. The number of para-hydroxylation sites is 2. The number of benzene rings is 1. The SMILES string of the molecule is Cc1ccc(/C=N\NC(=O)[C@H](C)Oc2ccccc2[N+](=O)[O-])o1. The Hall–Kier alpha value is -3.16. The van der Waals surface area contributed by atoms with Crippen molar-refractivity contribution in [1.29, 1.82) is 0 Å². The van der Waals surface area contributed by atoms with Gasteiger partial charge in [0.25, 0.3) is 5.91 Å². The van der Waals surface area contributed by atoms with Crippen LogP contribution in [-0.4, -0.2) is 23.1 Å². The minimum absolute atomic E-state index is 0.0192. The Bertz CT molecular complexity index is 738. The number of nitrogens with one attached hydrogen (secondary N) is 1. The van der Waals surface area contributed by atoms with E-state index in [2.05, 4.69) is 10.5 Å². The Morgan fingerprint density at radius 2 is 2.13 bits per heavy atom. The van der Waals surface area contributed by atoms with Crippen molar-refractivity contribution in [2.75, 3.05) is 0 Å². The van der Waals surface area contributed by atoms with E-state index in [-0.39, 0.29) is 11.4 Å². The standard InChI is InChI=1S/C15H15N3O5/c1-10-7-8-12(22-10)9-16-17-15(19)11(2)23-14-6-4-3-5-13(14)18(20)21/h3-9,11H,1-2H3,(H,17,19)/b16-9-/t11-/m0/s1. The van der Waals surface area contributed by atoms with Crippen molar-refractivity contribution in [1.82, 2.24) is 5.43 Å². The molecular weight excluding hydrogens is 302 g/mol. The second-order valence-electron chi connectivity index (χ2n) is 4.67. The van der Waals surface area contributed by atoms with Crippen LogP contribution in [0.3, 0.4) is 0 Å². The van der Waals surface area contributed by atoms with Gasteiger partial charge in [0.15, 0.2) is 11.9 Å². The molecule has 0 aliphatic carbocycles. The Kier molecular flexibility index (Phi) is 5.08. The van der Waals surface area contributed by atoms with Gasteiger partial charge in [-0.05, 0) is 32.0 Å². The van der Waals surface area contributed by atoms with Crippen molar-refractivity contribution in [3.05, 3.63) is 58.0 Å². The maximum Gasteiger partial charge on any atom is 0.310 e. The second-order valence-corrected chi connectivity index (χ2v) is 4.67. The summed E-state index contributed by atoms with van der Waals surface area (Å²) < 4.78 is 10.6. The first-order valence-corrected chi connectivity index (χ1v) is 6.77. The van der Waals surface area contributed by atoms with Crippen LogP contribution in [0.4, 0.5) is 5.69 Å². The molecule has 2 aromatic rings. The molecule has 0 aliphatic heterocycles. The molecule has 8 heteroatoms. The third kappa shape index (κ3) is 4.40. The van der Waals surface area contributed by atoms with Crippen LogP contribution >= 0.6 is 0 Å². The maximum absolute atomic E-state index is 11.9. The average Bonchev–Trinajstić information content (AvgIpc) is 2.93. The molecule has 0 spiro atoms. The number of furan rings is 1. The lowest BCUT2D eigenvalue weighted by molar-refractivity contribution is -0.386. The lowest BCUT2D eigenvalue weighted by Crippen LogP contribution is -2.33. The summed E-state index contributed by atoms with van der Waals surface area (Å²) in [6.45, 7) is 3.26. The van der Waals surface area contributed by atoms with Crippen LogP contribution in [-0.2, 0) is 4.79 Å². The van der Waals surface area contributed by atoms with E-state index >= 15 is 0 Å².